The van der Waals surface area contributed by atoms with Gasteiger partial charge in [0.25, 0.3) is 0 Å². The average molecular weight is 432 g/mol. The molecule has 0 aliphatic carbocycles. The molecule has 0 aromatic heterocycles. The third kappa shape index (κ3) is 11.0. The second-order valence-corrected chi connectivity index (χ2v) is 6.15. The van der Waals surface area contributed by atoms with Gasteiger partial charge in [0, 0.05) is 25.0 Å². The van der Waals surface area contributed by atoms with Crippen molar-refractivity contribution in [2.45, 2.75) is 46.2 Å². The quantitative estimate of drug-likeness (QED) is 0.368. The third-order valence-corrected chi connectivity index (χ3v) is 2.78. The van der Waals surface area contributed by atoms with Crippen LogP contribution in [-0.2, 0) is 11.3 Å². The van der Waals surface area contributed by atoms with Gasteiger partial charge in [0.15, 0.2) is 5.96 Å². The Morgan fingerprint density at radius 1 is 1.13 bits per heavy atom. The molecule has 0 radical (unpaired) electrons. The molecule has 0 bridgehead atoms. The van der Waals surface area contributed by atoms with Crippen LogP contribution >= 0.6 is 24.0 Å². The van der Waals surface area contributed by atoms with E-state index in [0.29, 0.717) is 19.5 Å². The summed E-state index contributed by atoms with van der Waals surface area (Å²) in [4.78, 5) is 16.2. The molecule has 0 aliphatic rings. The Balaban J connectivity index is 0.00000484. The van der Waals surface area contributed by atoms with E-state index in [9.17, 15) is 4.79 Å². The lowest BCUT2D eigenvalue weighted by Gasteiger charge is -2.23. The highest BCUT2D eigenvalue weighted by atomic mass is 127. The second-order valence-electron chi connectivity index (χ2n) is 6.15. The van der Waals surface area contributed by atoms with E-state index in [2.05, 4.69) is 41.7 Å². The smallest absolute Gasteiger partial charge is 0.222 e. The van der Waals surface area contributed by atoms with Crippen LogP contribution in [0.25, 0.3) is 0 Å². The lowest BCUT2D eigenvalue weighted by Crippen LogP contribution is -2.47. The molecule has 0 aliphatic heterocycles. The van der Waals surface area contributed by atoms with Gasteiger partial charge in [-0.15, -0.1) is 24.0 Å². The van der Waals surface area contributed by atoms with Crippen molar-refractivity contribution >= 4 is 35.8 Å². The maximum Gasteiger partial charge on any atom is 0.222 e. The van der Waals surface area contributed by atoms with Crippen LogP contribution in [-0.4, -0.2) is 30.5 Å². The number of aliphatic imine (C=N–C) groups is 1. The van der Waals surface area contributed by atoms with Gasteiger partial charge in [0.05, 0.1) is 6.54 Å². The second kappa shape index (κ2) is 11.3. The summed E-state index contributed by atoms with van der Waals surface area (Å²) in [5.41, 5.74) is 1.04. The molecule has 23 heavy (non-hydrogen) atoms. The van der Waals surface area contributed by atoms with E-state index >= 15 is 0 Å². The van der Waals surface area contributed by atoms with Crippen molar-refractivity contribution in [1.82, 2.24) is 16.0 Å². The molecular weight excluding hydrogens is 403 g/mol. The normalized spacial score (nSPS) is 11.4. The Morgan fingerprint density at radius 3 is 2.35 bits per heavy atom. The van der Waals surface area contributed by atoms with Gasteiger partial charge in [0.2, 0.25) is 5.91 Å². The zero-order valence-electron chi connectivity index (χ0n) is 14.5. The first-order valence-corrected chi connectivity index (χ1v) is 7.78. The van der Waals surface area contributed by atoms with Crippen LogP contribution in [0.4, 0.5) is 0 Å². The largest absolute Gasteiger partial charge is 0.357 e. The van der Waals surface area contributed by atoms with Crippen LogP contribution in [0.3, 0.4) is 0 Å². The Morgan fingerprint density at radius 2 is 1.78 bits per heavy atom. The number of rotatable bonds is 6. The maximum absolute atomic E-state index is 11.8. The first-order chi connectivity index (χ1) is 10.4. The van der Waals surface area contributed by atoms with E-state index in [1.807, 2.05) is 37.3 Å². The van der Waals surface area contributed by atoms with Gasteiger partial charge in [0.1, 0.15) is 0 Å². The Labute approximate surface area is 156 Å². The molecule has 0 saturated carbocycles. The summed E-state index contributed by atoms with van der Waals surface area (Å²) in [5.74, 6) is 0.755. The van der Waals surface area contributed by atoms with Crippen LogP contribution in [0.5, 0.6) is 0 Å². The molecular formula is C17H29IN4O. The fraction of sp³-hybridized carbons (Fsp3) is 0.529. The van der Waals surface area contributed by atoms with E-state index in [0.717, 1.165) is 18.1 Å². The van der Waals surface area contributed by atoms with Crippen molar-refractivity contribution in [1.29, 1.82) is 0 Å². The van der Waals surface area contributed by atoms with Crippen LogP contribution < -0.4 is 16.0 Å². The number of carbonyl (C=O) groups excluding carboxylic acids is 1. The summed E-state index contributed by atoms with van der Waals surface area (Å²) >= 11 is 0. The minimum absolute atomic E-state index is 0. The zero-order chi connectivity index (χ0) is 16.4. The standard InChI is InChI=1S/C17H28N4O.HI/c1-5-18-16(21-17(2,3)4)19-12-11-15(22)20-13-14-9-7-6-8-10-14;/h6-10H,5,11-13H2,1-4H3,(H,20,22)(H2,18,19,21);1H. The highest BCUT2D eigenvalue weighted by Gasteiger charge is 2.11. The zero-order valence-corrected chi connectivity index (χ0v) is 16.8. The predicted molar refractivity (Wildman–Crippen MR) is 107 cm³/mol. The van der Waals surface area contributed by atoms with Gasteiger partial charge in [-0.3, -0.25) is 9.79 Å². The molecule has 0 atom stereocenters. The van der Waals surface area contributed by atoms with E-state index in [-0.39, 0.29) is 35.4 Å². The van der Waals surface area contributed by atoms with Gasteiger partial charge in [-0.05, 0) is 33.3 Å². The topological polar surface area (TPSA) is 65.5 Å². The Bertz CT molecular complexity index is 483. The number of guanidine groups is 1. The molecule has 3 N–H and O–H groups in total. The minimum Gasteiger partial charge on any atom is -0.357 e. The minimum atomic E-state index is -0.0590. The molecule has 1 rings (SSSR count). The molecule has 1 aromatic carbocycles. The van der Waals surface area contributed by atoms with E-state index < -0.39 is 0 Å². The summed E-state index contributed by atoms with van der Waals surface area (Å²) in [6.07, 6.45) is 0.382. The summed E-state index contributed by atoms with van der Waals surface area (Å²) in [5, 5.41) is 9.38. The van der Waals surface area contributed by atoms with E-state index in [1.54, 1.807) is 0 Å². The monoisotopic (exact) mass is 432 g/mol. The van der Waals surface area contributed by atoms with Crippen molar-refractivity contribution in [2.75, 3.05) is 13.1 Å². The first-order valence-electron chi connectivity index (χ1n) is 7.78. The summed E-state index contributed by atoms with van der Waals surface area (Å²) < 4.78 is 0. The summed E-state index contributed by atoms with van der Waals surface area (Å²) in [7, 11) is 0. The van der Waals surface area contributed by atoms with Crippen LogP contribution in [0, 0.1) is 0 Å². The first kappa shape index (κ1) is 21.7. The van der Waals surface area contributed by atoms with Gasteiger partial charge in [-0.1, -0.05) is 30.3 Å². The van der Waals surface area contributed by atoms with Crippen LogP contribution in [0.15, 0.2) is 35.3 Å². The van der Waals surface area contributed by atoms with Crippen molar-refractivity contribution < 1.29 is 4.79 Å². The lowest BCUT2D eigenvalue weighted by molar-refractivity contribution is -0.121. The number of nitrogens with one attached hydrogen (secondary N) is 3. The van der Waals surface area contributed by atoms with Crippen LogP contribution in [0.2, 0.25) is 0 Å². The lowest BCUT2D eigenvalue weighted by atomic mass is 10.1. The molecule has 1 aromatic rings. The number of hydrogen-bond acceptors (Lipinski definition) is 2. The fourth-order valence-corrected chi connectivity index (χ4v) is 1.82. The number of hydrogen-bond donors (Lipinski definition) is 3. The molecule has 0 unspecified atom stereocenters. The Hall–Kier alpha value is -1.31. The molecule has 0 spiro atoms. The van der Waals surface area contributed by atoms with Gasteiger partial charge in [-0.25, -0.2) is 0 Å². The number of benzene rings is 1. The van der Waals surface area contributed by atoms with Crippen molar-refractivity contribution in [3.05, 3.63) is 35.9 Å². The maximum atomic E-state index is 11.8. The SMILES string of the molecule is CCNC(=NCCC(=O)NCc1ccccc1)NC(C)(C)C.I. The van der Waals surface area contributed by atoms with Crippen LogP contribution in [0.1, 0.15) is 39.7 Å². The van der Waals surface area contributed by atoms with Gasteiger partial charge >= 0.3 is 0 Å². The van der Waals surface area contributed by atoms with Crippen molar-refractivity contribution in [3.8, 4) is 0 Å². The molecule has 0 fully saturated rings. The highest BCUT2D eigenvalue weighted by molar-refractivity contribution is 14.0. The summed E-state index contributed by atoms with van der Waals surface area (Å²) in [6.45, 7) is 10.1. The predicted octanol–water partition coefficient (Wildman–Crippen LogP) is 2.66. The molecule has 0 heterocycles. The number of halogens is 1. The molecule has 1 amide bonds. The number of amides is 1. The van der Waals surface area contributed by atoms with Crippen molar-refractivity contribution in [2.24, 2.45) is 4.99 Å². The molecule has 5 nitrogen and oxygen atoms in total. The van der Waals surface area contributed by atoms with Gasteiger partial charge < -0.3 is 16.0 Å². The summed E-state index contributed by atoms with van der Waals surface area (Å²) in [6, 6.07) is 9.88. The van der Waals surface area contributed by atoms with Crippen molar-refractivity contribution in [3.63, 3.8) is 0 Å². The molecule has 6 heteroatoms. The average Bonchev–Trinajstić information content (AvgIpc) is 2.45. The Kier molecular flexibility index (Phi) is 10.6. The van der Waals surface area contributed by atoms with E-state index in [4.69, 9.17) is 0 Å². The van der Waals surface area contributed by atoms with E-state index in [1.165, 1.54) is 0 Å². The molecule has 0 saturated heterocycles. The third-order valence-electron chi connectivity index (χ3n) is 2.78. The highest BCUT2D eigenvalue weighted by Crippen LogP contribution is 1.99. The molecule has 130 valence electrons. The number of nitrogens with zero attached hydrogens (tertiary/aromatic N) is 1. The van der Waals surface area contributed by atoms with Gasteiger partial charge in [-0.2, -0.15) is 0 Å². The fourth-order valence-electron chi connectivity index (χ4n) is 1.82. The number of carbonyl (C=O) groups is 1.